The molecule has 0 aliphatic rings. The van der Waals surface area contributed by atoms with Crippen LogP contribution in [0.4, 0.5) is 0 Å². The van der Waals surface area contributed by atoms with Gasteiger partial charge in [-0.1, -0.05) is 26.7 Å². The van der Waals surface area contributed by atoms with Crippen molar-refractivity contribution in [1.29, 1.82) is 0 Å². The Labute approximate surface area is 157 Å². The Balaban J connectivity index is 2.08. The zero-order chi connectivity index (χ0) is 19.8. The SMILES string of the molecule is CCCCc1cc(=O)oc2cc(OCC(=O)N[C@H](CCC)C(=O)O)ccc12. The Bertz CT molecular complexity index is 857. The first kappa shape index (κ1) is 20.5. The Morgan fingerprint density at radius 1 is 1.22 bits per heavy atom. The molecule has 2 N–H and O–H groups in total. The number of nitrogens with one attached hydrogen (secondary N) is 1. The molecule has 7 nitrogen and oxygen atoms in total. The van der Waals surface area contributed by atoms with Crippen molar-refractivity contribution in [2.24, 2.45) is 0 Å². The van der Waals surface area contributed by atoms with Crippen LogP contribution in [0, 0.1) is 0 Å². The van der Waals surface area contributed by atoms with Crippen molar-refractivity contribution in [3.63, 3.8) is 0 Å². The summed E-state index contributed by atoms with van der Waals surface area (Å²) < 4.78 is 10.7. The fourth-order valence-electron chi connectivity index (χ4n) is 2.81. The fourth-order valence-corrected chi connectivity index (χ4v) is 2.81. The average Bonchev–Trinajstić information content (AvgIpc) is 2.63. The predicted molar refractivity (Wildman–Crippen MR) is 101 cm³/mol. The van der Waals surface area contributed by atoms with Crippen LogP contribution in [0.25, 0.3) is 11.0 Å². The summed E-state index contributed by atoms with van der Waals surface area (Å²) in [5.41, 5.74) is 0.907. The largest absolute Gasteiger partial charge is 0.484 e. The maximum atomic E-state index is 11.9. The quantitative estimate of drug-likeness (QED) is 0.619. The summed E-state index contributed by atoms with van der Waals surface area (Å²) in [4.78, 5) is 34.8. The van der Waals surface area contributed by atoms with Crippen molar-refractivity contribution < 1.29 is 23.8 Å². The lowest BCUT2D eigenvalue weighted by Gasteiger charge is -2.14. The number of carbonyl (C=O) groups excluding carboxylic acids is 1. The van der Waals surface area contributed by atoms with Crippen LogP contribution in [0.1, 0.15) is 45.1 Å². The number of rotatable bonds is 10. The van der Waals surface area contributed by atoms with Gasteiger partial charge < -0.3 is 19.6 Å². The van der Waals surface area contributed by atoms with Crippen LogP contribution >= 0.6 is 0 Å². The highest BCUT2D eigenvalue weighted by molar-refractivity contribution is 5.85. The molecule has 27 heavy (non-hydrogen) atoms. The van der Waals surface area contributed by atoms with E-state index in [4.69, 9.17) is 14.3 Å². The van der Waals surface area contributed by atoms with Gasteiger partial charge in [0.2, 0.25) is 0 Å². The second kappa shape index (κ2) is 9.75. The van der Waals surface area contributed by atoms with Gasteiger partial charge in [0.05, 0.1) is 0 Å². The highest BCUT2D eigenvalue weighted by Gasteiger charge is 2.19. The first-order valence-corrected chi connectivity index (χ1v) is 9.16. The number of aliphatic carboxylic acids is 1. The number of amides is 1. The van der Waals surface area contributed by atoms with E-state index < -0.39 is 23.5 Å². The van der Waals surface area contributed by atoms with Crippen LogP contribution in [0.15, 0.2) is 33.5 Å². The molecule has 1 atom stereocenters. The van der Waals surface area contributed by atoms with Gasteiger partial charge >= 0.3 is 11.6 Å². The molecule has 1 amide bonds. The predicted octanol–water partition coefficient (Wildman–Crippen LogP) is 2.88. The third-order valence-electron chi connectivity index (χ3n) is 4.18. The highest BCUT2D eigenvalue weighted by atomic mass is 16.5. The van der Waals surface area contributed by atoms with Crippen LogP contribution in [0.2, 0.25) is 0 Å². The normalized spacial score (nSPS) is 11.9. The van der Waals surface area contributed by atoms with E-state index >= 15 is 0 Å². The third kappa shape index (κ3) is 5.84. The van der Waals surface area contributed by atoms with Crippen LogP contribution in [-0.4, -0.2) is 29.6 Å². The van der Waals surface area contributed by atoms with Crippen molar-refractivity contribution in [2.75, 3.05) is 6.61 Å². The second-order valence-corrected chi connectivity index (χ2v) is 6.39. The molecule has 0 saturated carbocycles. The van der Waals surface area contributed by atoms with E-state index in [1.54, 1.807) is 18.2 Å². The minimum absolute atomic E-state index is 0.321. The molecular formula is C20H25NO6. The van der Waals surface area contributed by atoms with E-state index in [0.717, 1.165) is 30.2 Å². The minimum atomic E-state index is -1.07. The van der Waals surface area contributed by atoms with Crippen molar-refractivity contribution >= 4 is 22.8 Å². The van der Waals surface area contributed by atoms with Gasteiger partial charge in [0.1, 0.15) is 17.4 Å². The summed E-state index contributed by atoms with van der Waals surface area (Å²) in [6.07, 6.45) is 3.77. The first-order valence-electron chi connectivity index (χ1n) is 9.16. The number of hydrogen-bond acceptors (Lipinski definition) is 5. The maximum absolute atomic E-state index is 11.9. The molecule has 0 spiro atoms. The van der Waals surface area contributed by atoms with E-state index in [0.29, 0.717) is 24.2 Å². The smallest absolute Gasteiger partial charge is 0.336 e. The second-order valence-electron chi connectivity index (χ2n) is 6.39. The molecule has 0 aliphatic heterocycles. The molecular weight excluding hydrogens is 350 g/mol. The molecule has 0 saturated heterocycles. The summed E-state index contributed by atoms with van der Waals surface area (Å²) in [5.74, 6) is -1.22. The molecule has 0 radical (unpaired) electrons. The monoisotopic (exact) mass is 375 g/mol. The first-order chi connectivity index (χ1) is 12.9. The Kier molecular flexibility index (Phi) is 7.40. The molecule has 2 aromatic rings. The molecule has 2 rings (SSSR count). The molecule has 7 heteroatoms. The summed E-state index contributed by atoms with van der Waals surface area (Å²) in [5, 5.41) is 12.3. The number of fused-ring (bicyclic) bond motifs is 1. The molecule has 1 aromatic carbocycles. The lowest BCUT2D eigenvalue weighted by molar-refractivity contribution is -0.142. The van der Waals surface area contributed by atoms with E-state index in [9.17, 15) is 14.4 Å². The van der Waals surface area contributed by atoms with E-state index in [1.165, 1.54) is 6.07 Å². The van der Waals surface area contributed by atoms with Gasteiger partial charge in [-0.2, -0.15) is 0 Å². The highest BCUT2D eigenvalue weighted by Crippen LogP contribution is 2.23. The lowest BCUT2D eigenvalue weighted by Crippen LogP contribution is -2.42. The summed E-state index contributed by atoms with van der Waals surface area (Å²) in [7, 11) is 0. The minimum Gasteiger partial charge on any atom is -0.484 e. The standard InChI is InChI=1S/C20H25NO6/c1-3-5-7-13-10-19(23)27-17-11-14(8-9-15(13)17)26-12-18(22)21-16(6-4-2)20(24)25/h8-11,16H,3-7,12H2,1-2H3,(H,21,22)(H,24,25)/t16-/m1/s1. The molecule has 1 aromatic heterocycles. The molecule has 146 valence electrons. The van der Waals surface area contributed by atoms with Crippen molar-refractivity contribution in [1.82, 2.24) is 5.32 Å². The molecule has 0 unspecified atom stereocenters. The van der Waals surface area contributed by atoms with Gasteiger partial charge in [0.15, 0.2) is 6.61 Å². The Morgan fingerprint density at radius 3 is 2.67 bits per heavy atom. The molecule has 0 bridgehead atoms. The number of benzene rings is 1. The average molecular weight is 375 g/mol. The topological polar surface area (TPSA) is 106 Å². The van der Waals surface area contributed by atoms with E-state index in [1.807, 2.05) is 6.92 Å². The summed E-state index contributed by atoms with van der Waals surface area (Å²) >= 11 is 0. The lowest BCUT2D eigenvalue weighted by atomic mass is 10.0. The molecule has 0 aliphatic carbocycles. The number of ether oxygens (including phenoxy) is 1. The summed E-state index contributed by atoms with van der Waals surface area (Å²) in [6.45, 7) is 3.61. The van der Waals surface area contributed by atoms with Gasteiger partial charge in [-0.25, -0.2) is 9.59 Å². The number of aryl methyl sites for hydroxylation is 1. The zero-order valence-electron chi connectivity index (χ0n) is 15.6. The van der Waals surface area contributed by atoms with Crippen LogP contribution in [0.3, 0.4) is 0 Å². The number of unbranched alkanes of at least 4 members (excludes halogenated alkanes) is 1. The number of carboxylic acids is 1. The maximum Gasteiger partial charge on any atom is 0.336 e. The van der Waals surface area contributed by atoms with Gasteiger partial charge in [-0.3, -0.25) is 4.79 Å². The third-order valence-corrected chi connectivity index (χ3v) is 4.18. The van der Waals surface area contributed by atoms with Crippen molar-refractivity contribution in [3.8, 4) is 5.75 Å². The Morgan fingerprint density at radius 2 is 2.00 bits per heavy atom. The van der Waals surface area contributed by atoms with Crippen LogP contribution in [0.5, 0.6) is 5.75 Å². The zero-order valence-corrected chi connectivity index (χ0v) is 15.6. The van der Waals surface area contributed by atoms with Gasteiger partial charge in [0, 0.05) is 17.5 Å². The fraction of sp³-hybridized carbons (Fsp3) is 0.450. The molecule has 0 fully saturated rings. The van der Waals surface area contributed by atoms with E-state index in [-0.39, 0.29) is 6.61 Å². The summed E-state index contributed by atoms with van der Waals surface area (Å²) in [6, 6.07) is 5.65. The number of carboxylic acid groups (broad SMARTS) is 1. The van der Waals surface area contributed by atoms with Crippen LogP contribution in [-0.2, 0) is 16.0 Å². The van der Waals surface area contributed by atoms with Gasteiger partial charge in [-0.15, -0.1) is 0 Å². The van der Waals surface area contributed by atoms with Crippen molar-refractivity contribution in [3.05, 3.63) is 40.2 Å². The number of carbonyl (C=O) groups is 2. The Hall–Kier alpha value is -2.83. The van der Waals surface area contributed by atoms with Gasteiger partial charge in [-0.05, 0) is 37.0 Å². The van der Waals surface area contributed by atoms with Gasteiger partial charge in [0.25, 0.3) is 5.91 Å². The van der Waals surface area contributed by atoms with Crippen molar-refractivity contribution in [2.45, 2.75) is 52.0 Å². The van der Waals surface area contributed by atoms with Crippen LogP contribution < -0.4 is 15.7 Å². The van der Waals surface area contributed by atoms with E-state index in [2.05, 4.69) is 12.2 Å². The molecule has 1 heterocycles. The number of hydrogen-bond donors (Lipinski definition) is 2.